The van der Waals surface area contributed by atoms with Crippen molar-refractivity contribution >= 4 is 17.8 Å². The summed E-state index contributed by atoms with van der Waals surface area (Å²) in [5.74, 6) is 0.708. The van der Waals surface area contributed by atoms with Crippen molar-refractivity contribution in [1.29, 1.82) is 0 Å². The van der Waals surface area contributed by atoms with Gasteiger partial charge in [0.25, 0.3) is 0 Å². The predicted octanol–water partition coefficient (Wildman–Crippen LogP) is 2.09. The number of nitrogens with two attached hydrogens (primary N) is 1. The van der Waals surface area contributed by atoms with Crippen LogP contribution >= 0.6 is 11.6 Å². The van der Waals surface area contributed by atoms with E-state index in [9.17, 15) is 5.11 Å². The molecule has 1 fully saturated rings. The largest absolute Gasteiger partial charge is 0.404 e. The van der Waals surface area contributed by atoms with E-state index in [1.807, 2.05) is 0 Å². The fourth-order valence-electron chi connectivity index (χ4n) is 1.59. The third kappa shape index (κ3) is 3.31. The maximum atomic E-state index is 10.2. The number of aliphatic hydroxyl groups excluding tert-OH is 1. The normalized spacial score (nSPS) is 18.2. The lowest BCUT2D eigenvalue weighted by molar-refractivity contribution is 0.222. The summed E-state index contributed by atoms with van der Waals surface area (Å²) in [6, 6.07) is 3.44. The lowest BCUT2D eigenvalue weighted by atomic mass is 10.1. The van der Waals surface area contributed by atoms with Crippen LogP contribution in [-0.2, 0) is 0 Å². The molecule has 1 aliphatic carbocycles. The average molecular weight is 266 g/mol. The number of rotatable bonds is 5. The van der Waals surface area contributed by atoms with E-state index in [1.165, 1.54) is 19.0 Å². The fraction of sp³-hybridized carbons (Fsp3) is 0.385. The molecule has 0 aliphatic heterocycles. The summed E-state index contributed by atoms with van der Waals surface area (Å²) in [5.41, 5.74) is 6.59. The topological polar surface area (TPSA) is 71.5 Å². The molecule has 1 saturated carbocycles. The summed E-state index contributed by atoms with van der Waals surface area (Å²) in [6.07, 6.45) is 6.15. The molecular formula is C13H16ClN3O. The molecule has 0 amide bonds. The number of hydrogen-bond acceptors (Lipinski definition) is 4. The summed E-state index contributed by atoms with van der Waals surface area (Å²) >= 11 is 5.93. The van der Waals surface area contributed by atoms with E-state index < -0.39 is 6.10 Å². The summed E-state index contributed by atoms with van der Waals surface area (Å²) in [4.78, 5) is 8.21. The Morgan fingerprint density at radius 1 is 1.67 bits per heavy atom. The zero-order valence-electron chi connectivity index (χ0n) is 9.96. The zero-order valence-corrected chi connectivity index (χ0v) is 10.7. The van der Waals surface area contributed by atoms with Gasteiger partial charge in [0.15, 0.2) is 0 Å². The third-order valence-electron chi connectivity index (χ3n) is 2.89. The SMILES string of the molecule is NC=C(C=NCC1CC1)C(O)c1cccnc1Cl. The van der Waals surface area contributed by atoms with E-state index in [0.29, 0.717) is 17.1 Å². The minimum atomic E-state index is -0.890. The maximum Gasteiger partial charge on any atom is 0.135 e. The molecule has 0 aromatic carbocycles. The molecule has 0 bridgehead atoms. The number of nitrogens with zero attached hydrogens (tertiary/aromatic N) is 2. The van der Waals surface area contributed by atoms with Crippen LogP contribution in [0, 0.1) is 5.92 Å². The quantitative estimate of drug-likeness (QED) is 0.633. The second kappa shape index (κ2) is 5.98. The molecule has 0 saturated heterocycles. The summed E-state index contributed by atoms with van der Waals surface area (Å²) in [7, 11) is 0. The van der Waals surface area contributed by atoms with Crippen LogP contribution in [0.4, 0.5) is 0 Å². The summed E-state index contributed by atoms with van der Waals surface area (Å²) in [5, 5.41) is 10.5. The second-order valence-corrected chi connectivity index (χ2v) is 4.75. The van der Waals surface area contributed by atoms with Gasteiger partial charge in [0, 0.05) is 36.3 Å². The highest BCUT2D eigenvalue weighted by Gasteiger charge is 2.20. The van der Waals surface area contributed by atoms with Crippen molar-refractivity contribution in [3.63, 3.8) is 0 Å². The Morgan fingerprint density at radius 2 is 2.44 bits per heavy atom. The van der Waals surface area contributed by atoms with Crippen molar-refractivity contribution in [1.82, 2.24) is 4.98 Å². The van der Waals surface area contributed by atoms with Gasteiger partial charge in [-0.05, 0) is 24.8 Å². The van der Waals surface area contributed by atoms with Crippen molar-refractivity contribution in [2.75, 3.05) is 6.54 Å². The van der Waals surface area contributed by atoms with Crippen molar-refractivity contribution in [3.8, 4) is 0 Å². The number of aromatic nitrogens is 1. The maximum absolute atomic E-state index is 10.2. The van der Waals surface area contributed by atoms with Gasteiger partial charge in [-0.2, -0.15) is 0 Å². The summed E-state index contributed by atoms with van der Waals surface area (Å²) < 4.78 is 0. The van der Waals surface area contributed by atoms with Gasteiger partial charge < -0.3 is 10.8 Å². The fourth-order valence-corrected chi connectivity index (χ4v) is 1.82. The van der Waals surface area contributed by atoms with Crippen molar-refractivity contribution in [2.24, 2.45) is 16.6 Å². The molecule has 5 heteroatoms. The Bertz CT molecular complexity index is 469. The Morgan fingerprint density at radius 3 is 3.06 bits per heavy atom. The Labute approximate surface area is 111 Å². The molecule has 1 aromatic rings. The lowest BCUT2D eigenvalue weighted by Crippen LogP contribution is -2.07. The number of aliphatic hydroxyl groups is 1. The highest BCUT2D eigenvalue weighted by Crippen LogP contribution is 2.29. The first-order valence-corrected chi connectivity index (χ1v) is 6.30. The lowest BCUT2D eigenvalue weighted by Gasteiger charge is -2.12. The molecule has 1 heterocycles. The first kappa shape index (κ1) is 13.1. The van der Waals surface area contributed by atoms with Crippen LogP contribution in [0.1, 0.15) is 24.5 Å². The molecule has 1 aliphatic rings. The van der Waals surface area contributed by atoms with Crippen molar-refractivity contribution in [3.05, 3.63) is 40.8 Å². The van der Waals surface area contributed by atoms with Gasteiger partial charge in [-0.25, -0.2) is 4.98 Å². The number of aliphatic imine (C=N–C) groups is 1. The highest BCUT2D eigenvalue weighted by molar-refractivity contribution is 6.30. The molecule has 1 aromatic heterocycles. The van der Waals surface area contributed by atoms with Gasteiger partial charge >= 0.3 is 0 Å². The van der Waals surface area contributed by atoms with Crippen LogP contribution < -0.4 is 5.73 Å². The van der Waals surface area contributed by atoms with Crippen LogP contribution in [-0.4, -0.2) is 22.8 Å². The number of pyridine rings is 1. The van der Waals surface area contributed by atoms with Gasteiger partial charge in [0.1, 0.15) is 11.3 Å². The Balaban J connectivity index is 2.07. The van der Waals surface area contributed by atoms with E-state index >= 15 is 0 Å². The molecule has 4 nitrogen and oxygen atoms in total. The molecule has 3 N–H and O–H groups in total. The molecule has 18 heavy (non-hydrogen) atoms. The average Bonchev–Trinajstić information content (AvgIpc) is 3.18. The van der Waals surface area contributed by atoms with E-state index in [0.717, 1.165) is 6.54 Å². The van der Waals surface area contributed by atoms with E-state index in [1.54, 1.807) is 24.5 Å². The van der Waals surface area contributed by atoms with Gasteiger partial charge in [-0.3, -0.25) is 4.99 Å². The van der Waals surface area contributed by atoms with Crippen molar-refractivity contribution < 1.29 is 5.11 Å². The molecule has 96 valence electrons. The highest BCUT2D eigenvalue weighted by atomic mass is 35.5. The van der Waals surface area contributed by atoms with Crippen molar-refractivity contribution in [2.45, 2.75) is 18.9 Å². The third-order valence-corrected chi connectivity index (χ3v) is 3.21. The van der Waals surface area contributed by atoms with Crippen LogP contribution in [0.3, 0.4) is 0 Å². The minimum Gasteiger partial charge on any atom is -0.404 e. The zero-order chi connectivity index (χ0) is 13.0. The molecule has 1 unspecified atom stereocenters. The number of halogens is 1. The second-order valence-electron chi connectivity index (χ2n) is 4.39. The van der Waals surface area contributed by atoms with Crippen LogP contribution in [0.5, 0.6) is 0 Å². The molecule has 2 rings (SSSR count). The van der Waals surface area contributed by atoms with E-state index in [-0.39, 0.29) is 5.15 Å². The summed E-state index contributed by atoms with van der Waals surface area (Å²) in [6.45, 7) is 0.796. The van der Waals surface area contributed by atoms with Crippen LogP contribution in [0.2, 0.25) is 5.15 Å². The predicted molar refractivity (Wildman–Crippen MR) is 72.6 cm³/mol. The number of hydrogen-bond donors (Lipinski definition) is 2. The monoisotopic (exact) mass is 265 g/mol. The first-order valence-electron chi connectivity index (χ1n) is 5.92. The van der Waals surface area contributed by atoms with Crippen LogP contribution in [0.25, 0.3) is 0 Å². The van der Waals surface area contributed by atoms with Gasteiger partial charge in [0.2, 0.25) is 0 Å². The molecule has 0 radical (unpaired) electrons. The van der Waals surface area contributed by atoms with Gasteiger partial charge in [-0.1, -0.05) is 17.7 Å². The smallest absolute Gasteiger partial charge is 0.135 e. The van der Waals surface area contributed by atoms with E-state index in [2.05, 4.69) is 9.98 Å². The van der Waals surface area contributed by atoms with E-state index in [4.69, 9.17) is 17.3 Å². The van der Waals surface area contributed by atoms with Gasteiger partial charge in [-0.15, -0.1) is 0 Å². The Kier molecular flexibility index (Phi) is 4.33. The standard InChI is InChI=1S/C13H16ClN3O/c14-13-11(2-1-5-17-13)12(18)10(6-15)8-16-7-9-3-4-9/h1-2,5-6,8-9,12,18H,3-4,7,15H2. The molecule has 0 spiro atoms. The molecular weight excluding hydrogens is 250 g/mol. The minimum absolute atomic E-state index is 0.278. The first-order chi connectivity index (χ1) is 8.72. The Hall–Kier alpha value is -1.39. The molecule has 1 atom stereocenters. The van der Waals surface area contributed by atoms with Gasteiger partial charge in [0.05, 0.1) is 0 Å². The van der Waals surface area contributed by atoms with Crippen LogP contribution in [0.15, 0.2) is 35.1 Å².